The third kappa shape index (κ3) is 1.75. The van der Waals surface area contributed by atoms with E-state index in [0.717, 1.165) is 24.8 Å². The summed E-state index contributed by atoms with van der Waals surface area (Å²) < 4.78 is 0. The van der Waals surface area contributed by atoms with Gasteiger partial charge in [0, 0.05) is 19.6 Å². The minimum absolute atomic E-state index is 0.420. The second-order valence-corrected chi connectivity index (χ2v) is 5.08. The van der Waals surface area contributed by atoms with Gasteiger partial charge in [-0.05, 0) is 31.1 Å². The zero-order valence-corrected chi connectivity index (χ0v) is 8.84. The molecule has 2 nitrogen and oxygen atoms in total. The topological polar surface area (TPSA) is 23.5 Å². The van der Waals surface area contributed by atoms with E-state index in [1.54, 1.807) is 0 Å². The first kappa shape index (κ1) is 9.47. The summed E-state index contributed by atoms with van der Waals surface area (Å²) in [6.07, 6.45) is 4.63. The predicted octanol–water partition coefficient (Wildman–Crippen LogP) is 1.63. The monoisotopic (exact) mass is 183 g/mol. The number of aliphatic hydroxyl groups is 1. The van der Waals surface area contributed by atoms with Crippen molar-refractivity contribution in [3.63, 3.8) is 0 Å². The van der Waals surface area contributed by atoms with E-state index in [9.17, 15) is 5.11 Å². The van der Waals surface area contributed by atoms with Gasteiger partial charge in [-0.3, -0.25) is 4.90 Å². The first-order valence-electron chi connectivity index (χ1n) is 5.56. The molecule has 0 unspecified atom stereocenters. The second-order valence-electron chi connectivity index (χ2n) is 5.08. The molecule has 1 saturated carbocycles. The maximum absolute atomic E-state index is 10.1. The SMILES string of the molecule is CCC(O)(CC)CN1CC2(CC2)C1. The lowest BCUT2D eigenvalue weighted by Gasteiger charge is -2.44. The van der Waals surface area contributed by atoms with Crippen LogP contribution in [-0.4, -0.2) is 35.2 Å². The zero-order valence-electron chi connectivity index (χ0n) is 8.84. The molecule has 1 spiro atoms. The summed E-state index contributed by atoms with van der Waals surface area (Å²) in [6.45, 7) is 7.54. The first-order valence-corrected chi connectivity index (χ1v) is 5.56. The molecule has 0 bridgehead atoms. The Morgan fingerprint density at radius 3 is 2.15 bits per heavy atom. The lowest BCUT2D eigenvalue weighted by atomic mass is 9.91. The van der Waals surface area contributed by atoms with Crippen molar-refractivity contribution < 1.29 is 5.11 Å². The van der Waals surface area contributed by atoms with Crippen LogP contribution < -0.4 is 0 Å². The molecule has 2 rings (SSSR count). The number of nitrogens with zero attached hydrogens (tertiary/aromatic N) is 1. The molecule has 2 aliphatic rings. The van der Waals surface area contributed by atoms with Crippen LogP contribution in [0, 0.1) is 5.41 Å². The molecule has 1 saturated heterocycles. The van der Waals surface area contributed by atoms with Crippen LogP contribution in [0.1, 0.15) is 39.5 Å². The highest BCUT2D eigenvalue weighted by molar-refractivity contribution is 5.06. The molecule has 0 radical (unpaired) electrons. The van der Waals surface area contributed by atoms with Gasteiger partial charge in [0.1, 0.15) is 0 Å². The molecule has 1 heterocycles. The molecule has 1 N–H and O–H groups in total. The summed E-state index contributed by atoms with van der Waals surface area (Å²) in [6, 6.07) is 0. The molecule has 13 heavy (non-hydrogen) atoms. The lowest BCUT2D eigenvalue weighted by Crippen LogP contribution is -2.54. The Morgan fingerprint density at radius 2 is 1.77 bits per heavy atom. The number of β-amino-alcohol motifs (C(OH)–C–C–N with tert-alkyl or cyclic N) is 1. The standard InChI is InChI=1S/C11H21NO/c1-3-11(13,4-2)9-12-7-10(8-12)5-6-10/h13H,3-9H2,1-2H3. The van der Waals surface area contributed by atoms with Crippen LogP contribution in [0.4, 0.5) is 0 Å². The largest absolute Gasteiger partial charge is 0.389 e. The van der Waals surface area contributed by atoms with Crippen LogP contribution in [0.2, 0.25) is 0 Å². The summed E-state index contributed by atoms with van der Waals surface area (Å²) in [7, 11) is 0. The van der Waals surface area contributed by atoms with E-state index in [2.05, 4.69) is 18.7 Å². The van der Waals surface area contributed by atoms with E-state index in [1.165, 1.54) is 25.9 Å². The van der Waals surface area contributed by atoms with Gasteiger partial charge in [0.25, 0.3) is 0 Å². The Bertz CT molecular complexity index is 186. The average Bonchev–Trinajstić information content (AvgIpc) is 2.83. The summed E-state index contributed by atoms with van der Waals surface area (Å²) in [5.41, 5.74) is 0.304. The molecule has 0 aromatic carbocycles. The highest BCUT2D eigenvalue weighted by Gasteiger charge is 2.52. The van der Waals surface area contributed by atoms with Crippen LogP contribution in [-0.2, 0) is 0 Å². The first-order chi connectivity index (χ1) is 6.11. The molecule has 1 aliphatic carbocycles. The minimum atomic E-state index is -0.420. The fraction of sp³-hybridized carbons (Fsp3) is 1.00. The van der Waals surface area contributed by atoms with Crippen molar-refractivity contribution in [2.24, 2.45) is 5.41 Å². The number of likely N-dealkylation sites (tertiary alicyclic amines) is 1. The van der Waals surface area contributed by atoms with Gasteiger partial charge < -0.3 is 5.11 Å². The summed E-state index contributed by atoms with van der Waals surface area (Å²) in [5, 5.41) is 10.1. The summed E-state index contributed by atoms with van der Waals surface area (Å²) in [5.74, 6) is 0. The molecule has 1 aliphatic heterocycles. The third-order valence-electron chi connectivity index (χ3n) is 3.91. The Balaban J connectivity index is 1.77. The molecular weight excluding hydrogens is 162 g/mol. The predicted molar refractivity (Wildman–Crippen MR) is 53.6 cm³/mol. The van der Waals surface area contributed by atoms with Crippen molar-refractivity contribution in [2.45, 2.75) is 45.1 Å². The van der Waals surface area contributed by atoms with Crippen molar-refractivity contribution in [1.82, 2.24) is 4.90 Å². The molecular formula is C11H21NO. The highest BCUT2D eigenvalue weighted by atomic mass is 16.3. The highest BCUT2D eigenvalue weighted by Crippen LogP contribution is 2.53. The van der Waals surface area contributed by atoms with E-state index >= 15 is 0 Å². The van der Waals surface area contributed by atoms with E-state index < -0.39 is 5.60 Å². The molecule has 0 atom stereocenters. The maximum Gasteiger partial charge on any atom is 0.0768 e. The van der Waals surface area contributed by atoms with E-state index in [4.69, 9.17) is 0 Å². The fourth-order valence-electron chi connectivity index (χ4n) is 2.40. The van der Waals surface area contributed by atoms with E-state index in [1.807, 2.05) is 0 Å². The second kappa shape index (κ2) is 2.96. The van der Waals surface area contributed by atoms with Gasteiger partial charge in [0.15, 0.2) is 0 Å². The fourth-order valence-corrected chi connectivity index (χ4v) is 2.40. The third-order valence-corrected chi connectivity index (χ3v) is 3.91. The number of hydrogen-bond acceptors (Lipinski definition) is 2. The van der Waals surface area contributed by atoms with Gasteiger partial charge in [-0.1, -0.05) is 13.8 Å². The average molecular weight is 183 g/mol. The normalized spacial score (nSPS) is 26.1. The molecule has 0 aromatic heterocycles. The van der Waals surface area contributed by atoms with Crippen molar-refractivity contribution in [3.05, 3.63) is 0 Å². The summed E-state index contributed by atoms with van der Waals surface area (Å²) >= 11 is 0. The van der Waals surface area contributed by atoms with Crippen molar-refractivity contribution in [3.8, 4) is 0 Å². The lowest BCUT2D eigenvalue weighted by molar-refractivity contribution is -0.0419. The van der Waals surface area contributed by atoms with Crippen molar-refractivity contribution >= 4 is 0 Å². The molecule has 2 fully saturated rings. The Morgan fingerprint density at radius 1 is 1.23 bits per heavy atom. The minimum Gasteiger partial charge on any atom is -0.389 e. The van der Waals surface area contributed by atoms with Crippen LogP contribution in [0.3, 0.4) is 0 Å². The Kier molecular flexibility index (Phi) is 2.16. The Labute approximate surface area is 80.9 Å². The molecule has 0 amide bonds. The molecule has 2 heteroatoms. The van der Waals surface area contributed by atoms with Gasteiger partial charge in [0.2, 0.25) is 0 Å². The van der Waals surface area contributed by atoms with Crippen molar-refractivity contribution in [2.75, 3.05) is 19.6 Å². The maximum atomic E-state index is 10.1. The smallest absolute Gasteiger partial charge is 0.0768 e. The van der Waals surface area contributed by atoms with Gasteiger partial charge in [-0.2, -0.15) is 0 Å². The van der Waals surface area contributed by atoms with Gasteiger partial charge in [0.05, 0.1) is 5.60 Å². The van der Waals surface area contributed by atoms with E-state index in [0.29, 0.717) is 0 Å². The quantitative estimate of drug-likeness (QED) is 0.716. The molecule has 76 valence electrons. The molecule has 0 aromatic rings. The van der Waals surface area contributed by atoms with Crippen LogP contribution >= 0.6 is 0 Å². The van der Waals surface area contributed by atoms with Crippen LogP contribution in [0.25, 0.3) is 0 Å². The van der Waals surface area contributed by atoms with Crippen LogP contribution in [0.5, 0.6) is 0 Å². The van der Waals surface area contributed by atoms with Gasteiger partial charge in [-0.25, -0.2) is 0 Å². The summed E-state index contributed by atoms with van der Waals surface area (Å²) in [4.78, 5) is 2.42. The van der Waals surface area contributed by atoms with Gasteiger partial charge >= 0.3 is 0 Å². The van der Waals surface area contributed by atoms with Crippen LogP contribution in [0.15, 0.2) is 0 Å². The van der Waals surface area contributed by atoms with Crippen molar-refractivity contribution in [1.29, 1.82) is 0 Å². The van der Waals surface area contributed by atoms with E-state index in [-0.39, 0.29) is 0 Å². The number of rotatable bonds is 4. The Hall–Kier alpha value is -0.0800. The zero-order chi connectivity index (χ0) is 9.53. The number of hydrogen-bond donors (Lipinski definition) is 1. The van der Waals surface area contributed by atoms with Gasteiger partial charge in [-0.15, -0.1) is 0 Å².